The van der Waals surface area contributed by atoms with E-state index in [0.717, 1.165) is 77.0 Å². The van der Waals surface area contributed by atoms with Crippen LogP contribution >= 0.6 is 0 Å². The van der Waals surface area contributed by atoms with Gasteiger partial charge in [0, 0.05) is 19.3 Å². The summed E-state index contributed by atoms with van der Waals surface area (Å²) in [6, 6.07) is 0. The van der Waals surface area contributed by atoms with Gasteiger partial charge < -0.3 is 14.2 Å². The molecule has 50 heavy (non-hydrogen) atoms. The first-order chi connectivity index (χ1) is 24.5. The molecule has 0 aromatic heterocycles. The fraction of sp³-hybridized carbons (Fsp3) is 0.841. The molecule has 0 spiro atoms. The second kappa shape index (κ2) is 39.7. The first-order valence-electron chi connectivity index (χ1n) is 21.3. The van der Waals surface area contributed by atoms with E-state index in [0.29, 0.717) is 19.3 Å². The molecule has 0 aliphatic heterocycles. The van der Waals surface area contributed by atoms with Crippen LogP contribution in [-0.4, -0.2) is 37.2 Å². The van der Waals surface area contributed by atoms with Crippen LogP contribution in [0.2, 0.25) is 0 Å². The van der Waals surface area contributed by atoms with Crippen LogP contribution in [0.5, 0.6) is 0 Å². The highest BCUT2D eigenvalue weighted by Crippen LogP contribution is 2.13. The van der Waals surface area contributed by atoms with Crippen molar-refractivity contribution in [3.63, 3.8) is 0 Å². The van der Waals surface area contributed by atoms with Crippen LogP contribution in [0.4, 0.5) is 0 Å². The van der Waals surface area contributed by atoms with Crippen molar-refractivity contribution >= 4 is 17.9 Å². The monoisotopic (exact) mass is 705 g/mol. The normalized spacial score (nSPS) is 12.1. The summed E-state index contributed by atoms with van der Waals surface area (Å²) in [4.78, 5) is 37.5. The SMILES string of the molecule is CCCC/C=C\CCCCCCCC(=O)OC(COC(=O)CCCCCCC/C=C\CCCCCCC)COC(=O)CCCCCCCCC. The van der Waals surface area contributed by atoms with Crippen LogP contribution in [0.15, 0.2) is 24.3 Å². The third-order valence-corrected chi connectivity index (χ3v) is 9.18. The highest BCUT2D eigenvalue weighted by Gasteiger charge is 2.19. The Kier molecular flexibility index (Phi) is 38.0. The number of hydrogen-bond acceptors (Lipinski definition) is 6. The number of hydrogen-bond donors (Lipinski definition) is 0. The number of rotatable bonds is 38. The van der Waals surface area contributed by atoms with Gasteiger partial charge in [0.1, 0.15) is 13.2 Å². The zero-order chi connectivity index (χ0) is 36.6. The van der Waals surface area contributed by atoms with Gasteiger partial charge in [-0.3, -0.25) is 14.4 Å². The fourth-order valence-electron chi connectivity index (χ4n) is 5.89. The van der Waals surface area contributed by atoms with Crippen LogP contribution in [0.25, 0.3) is 0 Å². The third-order valence-electron chi connectivity index (χ3n) is 9.18. The average molecular weight is 705 g/mol. The molecule has 0 fully saturated rings. The van der Waals surface area contributed by atoms with Crippen molar-refractivity contribution in [3.8, 4) is 0 Å². The summed E-state index contributed by atoms with van der Waals surface area (Å²) in [6.07, 6.45) is 41.7. The van der Waals surface area contributed by atoms with E-state index in [1.165, 1.54) is 103 Å². The van der Waals surface area contributed by atoms with E-state index in [4.69, 9.17) is 14.2 Å². The molecule has 292 valence electrons. The van der Waals surface area contributed by atoms with Gasteiger partial charge in [-0.2, -0.15) is 0 Å². The topological polar surface area (TPSA) is 78.9 Å². The molecule has 0 aliphatic rings. The lowest BCUT2D eigenvalue weighted by Crippen LogP contribution is -2.30. The molecular formula is C44H80O6. The van der Waals surface area contributed by atoms with E-state index < -0.39 is 6.10 Å². The zero-order valence-corrected chi connectivity index (χ0v) is 33.2. The first-order valence-corrected chi connectivity index (χ1v) is 21.3. The zero-order valence-electron chi connectivity index (χ0n) is 33.2. The standard InChI is InChI=1S/C44H80O6/c1-4-7-10-13-16-18-20-21-22-24-25-28-31-34-37-43(46)49-40-41(39-48-42(45)36-33-30-27-15-12-9-6-3)50-44(47)38-35-32-29-26-23-19-17-14-11-8-5-2/h14,17,20-21,41H,4-13,15-16,18-19,22-40H2,1-3H3/b17-14-,21-20-. The summed E-state index contributed by atoms with van der Waals surface area (Å²) < 4.78 is 16.6. The lowest BCUT2D eigenvalue weighted by Gasteiger charge is -2.18. The third kappa shape index (κ3) is 37.2. The van der Waals surface area contributed by atoms with Crippen LogP contribution in [0.3, 0.4) is 0 Å². The van der Waals surface area contributed by atoms with E-state index in [1.807, 2.05) is 0 Å². The van der Waals surface area contributed by atoms with Crippen LogP contribution in [0.1, 0.15) is 220 Å². The Morgan fingerprint density at radius 2 is 0.680 bits per heavy atom. The van der Waals surface area contributed by atoms with Crippen LogP contribution in [-0.2, 0) is 28.6 Å². The molecule has 0 aromatic carbocycles. The predicted octanol–water partition coefficient (Wildman–Crippen LogP) is 13.2. The molecule has 6 heteroatoms. The van der Waals surface area contributed by atoms with Gasteiger partial charge in [0.2, 0.25) is 0 Å². The van der Waals surface area contributed by atoms with Crippen molar-refractivity contribution in [2.75, 3.05) is 13.2 Å². The molecule has 0 bridgehead atoms. The van der Waals surface area contributed by atoms with Crippen LogP contribution < -0.4 is 0 Å². The Morgan fingerprint density at radius 3 is 1.06 bits per heavy atom. The van der Waals surface area contributed by atoms with Crippen molar-refractivity contribution < 1.29 is 28.6 Å². The van der Waals surface area contributed by atoms with Gasteiger partial charge in [-0.05, 0) is 64.2 Å². The van der Waals surface area contributed by atoms with E-state index in [9.17, 15) is 14.4 Å². The van der Waals surface area contributed by atoms with Crippen molar-refractivity contribution in [2.24, 2.45) is 0 Å². The lowest BCUT2D eigenvalue weighted by molar-refractivity contribution is -0.167. The second-order valence-electron chi connectivity index (χ2n) is 14.3. The second-order valence-corrected chi connectivity index (χ2v) is 14.3. The largest absolute Gasteiger partial charge is 0.462 e. The van der Waals surface area contributed by atoms with Gasteiger partial charge in [0.05, 0.1) is 0 Å². The summed E-state index contributed by atoms with van der Waals surface area (Å²) >= 11 is 0. The first kappa shape index (κ1) is 47.9. The predicted molar refractivity (Wildman–Crippen MR) is 210 cm³/mol. The molecule has 0 aliphatic carbocycles. The van der Waals surface area contributed by atoms with E-state index in [-0.39, 0.29) is 31.1 Å². The summed E-state index contributed by atoms with van der Waals surface area (Å²) in [5, 5.41) is 0. The van der Waals surface area contributed by atoms with Gasteiger partial charge in [-0.15, -0.1) is 0 Å². The Hall–Kier alpha value is -2.11. The number of carbonyl (C=O) groups excluding carboxylic acids is 3. The number of allylic oxidation sites excluding steroid dienone is 4. The van der Waals surface area contributed by atoms with Gasteiger partial charge in [0.15, 0.2) is 6.10 Å². The molecule has 1 atom stereocenters. The number of esters is 3. The fourth-order valence-corrected chi connectivity index (χ4v) is 5.89. The van der Waals surface area contributed by atoms with Crippen molar-refractivity contribution in [2.45, 2.75) is 226 Å². The number of unbranched alkanes of at least 4 members (excludes halogenated alkanes) is 23. The summed E-state index contributed by atoms with van der Waals surface area (Å²) in [5.74, 6) is -0.901. The lowest BCUT2D eigenvalue weighted by atomic mass is 10.1. The quantitative estimate of drug-likeness (QED) is 0.0275. The van der Waals surface area contributed by atoms with E-state index in [1.54, 1.807) is 0 Å². The molecule has 1 unspecified atom stereocenters. The van der Waals surface area contributed by atoms with Gasteiger partial charge in [0.25, 0.3) is 0 Å². The molecule has 0 N–H and O–H groups in total. The van der Waals surface area contributed by atoms with Crippen molar-refractivity contribution in [3.05, 3.63) is 24.3 Å². The highest BCUT2D eigenvalue weighted by atomic mass is 16.6. The Bertz CT molecular complexity index is 819. The van der Waals surface area contributed by atoms with Gasteiger partial charge in [-0.25, -0.2) is 0 Å². The molecule has 0 heterocycles. The summed E-state index contributed by atoms with van der Waals surface area (Å²) in [7, 11) is 0. The maximum Gasteiger partial charge on any atom is 0.306 e. The molecule has 0 rings (SSSR count). The smallest absolute Gasteiger partial charge is 0.306 e. The number of carbonyl (C=O) groups is 3. The van der Waals surface area contributed by atoms with Crippen molar-refractivity contribution in [1.82, 2.24) is 0 Å². The Morgan fingerprint density at radius 1 is 0.380 bits per heavy atom. The minimum absolute atomic E-state index is 0.0760. The Balaban J connectivity index is 4.33. The Labute approximate surface area is 309 Å². The minimum Gasteiger partial charge on any atom is -0.462 e. The van der Waals surface area contributed by atoms with Gasteiger partial charge >= 0.3 is 17.9 Å². The molecule has 0 saturated heterocycles. The maximum atomic E-state index is 12.6. The number of ether oxygens (including phenoxy) is 3. The molecule has 0 aromatic rings. The highest BCUT2D eigenvalue weighted by molar-refractivity contribution is 5.71. The maximum absolute atomic E-state index is 12.6. The summed E-state index contributed by atoms with van der Waals surface area (Å²) in [5.41, 5.74) is 0. The molecule has 0 radical (unpaired) electrons. The molecular weight excluding hydrogens is 624 g/mol. The molecule has 0 amide bonds. The molecule has 0 saturated carbocycles. The van der Waals surface area contributed by atoms with Crippen molar-refractivity contribution in [1.29, 1.82) is 0 Å². The minimum atomic E-state index is -0.770. The van der Waals surface area contributed by atoms with Gasteiger partial charge in [-0.1, -0.05) is 161 Å². The van der Waals surface area contributed by atoms with E-state index in [2.05, 4.69) is 45.1 Å². The van der Waals surface area contributed by atoms with E-state index >= 15 is 0 Å². The van der Waals surface area contributed by atoms with Crippen LogP contribution in [0, 0.1) is 0 Å². The molecule has 6 nitrogen and oxygen atoms in total. The summed E-state index contributed by atoms with van der Waals surface area (Å²) in [6.45, 7) is 6.52. The average Bonchev–Trinajstić information content (AvgIpc) is 3.11.